The third-order valence-corrected chi connectivity index (χ3v) is 4.82. The zero-order valence-electron chi connectivity index (χ0n) is 13.9. The lowest BCUT2D eigenvalue weighted by Crippen LogP contribution is -2.43. The van der Waals surface area contributed by atoms with Crippen molar-refractivity contribution in [2.75, 3.05) is 5.32 Å². The Labute approximate surface area is 145 Å². The molecule has 2 amide bonds. The van der Waals surface area contributed by atoms with Crippen molar-refractivity contribution in [3.8, 4) is 11.3 Å². The van der Waals surface area contributed by atoms with Crippen molar-refractivity contribution < 1.29 is 14.0 Å². The van der Waals surface area contributed by atoms with E-state index in [1.807, 2.05) is 18.2 Å². The molecule has 2 aliphatic rings. The van der Waals surface area contributed by atoms with Gasteiger partial charge in [-0.25, -0.2) is 4.98 Å². The standard InChI is InChI=1S/C18H20N4O3/c1-10(23)20-13-5-3-2-4-12(13)16-9-19-18(25-16)17(24)22-15-8-11-6-7-14(15)21-11/h2-5,9,11,14-15,21H,6-8H2,1H3,(H,20,23)(H,22,24). The largest absolute Gasteiger partial charge is 0.432 e. The number of anilines is 1. The number of hydrogen-bond acceptors (Lipinski definition) is 5. The first kappa shape index (κ1) is 15.8. The molecule has 2 aliphatic heterocycles. The molecule has 0 spiro atoms. The van der Waals surface area contributed by atoms with Gasteiger partial charge in [-0.05, 0) is 31.4 Å². The SMILES string of the molecule is CC(=O)Nc1ccccc1-c1cnc(C(=O)NC2CC3CCC2N3)o1. The predicted molar refractivity (Wildman–Crippen MR) is 92.1 cm³/mol. The highest BCUT2D eigenvalue weighted by atomic mass is 16.4. The van der Waals surface area contributed by atoms with Crippen molar-refractivity contribution in [2.24, 2.45) is 0 Å². The van der Waals surface area contributed by atoms with Crippen LogP contribution in [0, 0.1) is 0 Å². The zero-order chi connectivity index (χ0) is 17.4. The van der Waals surface area contributed by atoms with Crippen molar-refractivity contribution in [1.82, 2.24) is 15.6 Å². The third-order valence-electron chi connectivity index (χ3n) is 4.82. The lowest BCUT2D eigenvalue weighted by Gasteiger charge is -2.20. The van der Waals surface area contributed by atoms with E-state index in [2.05, 4.69) is 20.9 Å². The Morgan fingerprint density at radius 3 is 2.84 bits per heavy atom. The Hall–Kier alpha value is -2.67. The Morgan fingerprint density at radius 2 is 2.12 bits per heavy atom. The number of carbonyl (C=O) groups is 2. The second-order valence-corrected chi connectivity index (χ2v) is 6.62. The molecule has 0 radical (unpaired) electrons. The van der Waals surface area contributed by atoms with E-state index in [0.29, 0.717) is 29.1 Å². The summed E-state index contributed by atoms with van der Waals surface area (Å²) in [6.45, 7) is 1.44. The molecule has 7 nitrogen and oxygen atoms in total. The van der Waals surface area contributed by atoms with Crippen molar-refractivity contribution in [1.29, 1.82) is 0 Å². The van der Waals surface area contributed by atoms with Gasteiger partial charge in [-0.15, -0.1) is 0 Å². The van der Waals surface area contributed by atoms with E-state index < -0.39 is 0 Å². The summed E-state index contributed by atoms with van der Waals surface area (Å²) in [5.41, 5.74) is 1.31. The summed E-state index contributed by atoms with van der Waals surface area (Å²) in [5, 5.41) is 9.25. The summed E-state index contributed by atoms with van der Waals surface area (Å²) < 4.78 is 5.65. The third kappa shape index (κ3) is 3.15. The number of hydrogen-bond donors (Lipinski definition) is 3. The van der Waals surface area contributed by atoms with Crippen molar-refractivity contribution >= 4 is 17.5 Å². The lowest BCUT2D eigenvalue weighted by atomic mass is 9.95. The number of amides is 2. The van der Waals surface area contributed by atoms with Crippen molar-refractivity contribution in [3.05, 3.63) is 36.4 Å². The smallest absolute Gasteiger partial charge is 0.307 e. The molecule has 1 aromatic carbocycles. The Kier molecular flexibility index (Phi) is 4.01. The van der Waals surface area contributed by atoms with E-state index in [9.17, 15) is 9.59 Å². The molecule has 3 atom stereocenters. The van der Waals surface area contributed by atoms with Crippen LogP contribution < -0.4 is 16.0 Å². The fourth-order valence-electron chi connectivity index (χ4n) is 3.71. The predicted octanol–water partition coefficient (Wildman–Crippen LogP) is 1.92. The first-order chi connectivity index (χ1) is 12.1. The van der Waals surface area contributed by atoms with Crippen LogP contribution in [0.5, 0.6) is 0 Å². The average Bonchev–Trinajstić information content (AvgIpc) is 3.31. The van der Waals surface area contributed by atoms with Gasteiger partial charge < -0.3 is 20.4 Å². The minimum atomic E-state index is -0.303. The number of nitrogens with one attached hydrogen (secondary N) is 3. The molecule has 7 heteroatoms. The van der Waals surface area contributed by atoms with Gasteiger partial charge >= 0.3 is 5.91 Å². The molecule has 2 bridgehead atoms. The normalized spacial score (nSPS) is 24.3. The van der Waals surface area contributed by atoms with Crippen LogP contribution in [0.25, 0.3) is 11.3 Å². The molecular formula is C18H20N4O3. The Bertz CT molecular complexity index is 816. The first-order valence-electron chi connectivity index (χ1n) is 8.50. The van der Waals surface area contributed by atoms with Gasteiger partial charge in [0, 0.05) is 30.6 Å². The molecule has 2 saturated heterocycles. The van der Waals surface area contributed by atoms with Gasteiger partial charge in [0.2, 0.25) is 5.91 Å². The number of para-hydroxylation sites is 1. The molecule has 130 valence electrons. The van der Waals surface area contributed by atoms with E-state index in [-0.39, 0.29) is 23.7 Å². The summed E-state index contributed by atoms with van der Waals surface area (Å²) >= 11 is 0. The molecule has 3 unspecified atom stereocenters. The highest BCUT2D eigenvalue weighted by molar-refractivity contribution is 5.94. The van der Waals surface area contributed by atoms with Gasteiger partial charge in [0.1, 0.15) is 0 Å². The van der Waals surface area contributed by atoms with Gasteiger partial charge in [-0.2, -0.15) is 0 Å². The van der Waals surface area contributed by atoms with Crippen molar-refractivity contribution in [3.63, 3.8) is 0 Å². The second kappa shape index (κ2) is 6.33. The molecule has 25 heavy (non-hydrogen) atoms. The monoisotopic (exact) mass is 340 g/mol. The van der Waals surface area contributed by atoms with Gasteiger partial charge in [-0.3, -0.25) is 9.59 Å². The molecule has 4 rings (SSSR count). The number of fused-ring (bicyclic) bond motifs is 2. The Balaban J connectivity index is 1.50. The number of oxazole rings is 1. The molecule has 2 fully saturated rings. The highest BCUT2D eigenvalue weighted by Crippen LogP contribution is 2.30. The first-order valence-corrected chi connectivity index (χ1v) is 8.50. The fourth-order valence-corrected chi connectivity index (χ4v) is 3.71. The van der Waals surface area contributed by atoms with E-state index in [1.165, 1.54) is 19.5 Å². The van der Waals surface area contributed by atoms with Gasteiger partial charge in [0.05, 0.1) is 11.9 Å². The number of benzene rings is 1. The number of rotatable bonds is 4. The lowest BCUT2D eigenvalue weighted by molar-refractivity contribution is -0.114. The Morgan fingerprint density at radius 1 is 1.28 bits per heavy atom. The van der Waals surface area contributed by atoms with Crippen LogP contribution in [0.2, 0.25) is 0 Å². The number of carbonyl (C=O) groups excluding carboxylic acids is 2. The quantitative estimate of drug-likeness (QED) is 0.790. The number of aromatic nitrogens is 1. The summed E-state index contributed by atoms with van der Waals surface area (Å²) in [6, 6.07) is 8.25. The topological polar surface area (TPSA) is 96.3 Å². The maximum Gasteiger partial charge on any atom is 0.307 e. The molecule has 0 saturated carbocycles. The minimum Gasteiger partial charge on any atom is -0.432 e. The van der Waals surface area contributed by atoms with Crippen LogP contribution in [-0.4, -0.2) is 34.9 Å². The van der Waals surface area contributed by atoms with Crippen LogP contribution in [0.1, 0.15) is 36.9 Å². The van der Waals surface area contributed by atoms with Gasteiger partial charge in [0.15, 0.2) is 5.76 Å². The van der Waals surface area contributed by atoms with E-state index in [4.69, 9.17) is 4.42 Å². The van der Waals surface area contributed by atoms with E-state index in [0.717, 1.165) is 12.8 Å². The second-order valence-electron chi connectivity index (χ2n) is 6.62. The van der Waals surface area contributed by atoms with Gasteiger partial charge in [-0.1, -0.05) is 12.1 Å². The summed E-state index contributed by atoms with van der Waals surface area (Å²) in [5.74, 6) is 0.00675. The maximum absolute atomic E-state index is 12.4. The zero-order valence-corrected chi connectivity index (χ0v) is 13.9. The molecule has 2 aromatic rings. The molecule has 0 aliphatic carbocycles. The van der Waals surface area contributed by atoms with Crippen LogP contribution in [-0.2, 0) is 4.79 Å². The molecular weight excluding hydrogens is 320 g/mol. The van der Waals surface area contributed by atoms with Crippen LogP contribution >= 0.6 is 0 Å². The average molecular weight is 340 g/mol. The van der Waals surface area contributed by atoms with Gasteiger partial charge in [0.25, 0.3) is 5.89 Å². The van der Waals surface area contributed by atoms with Crippen LogP contribution in [0.3, 0.4) is 0 Å². The summed E-state index contributed by atoms with van der Waals surface area (Å²) in [4.78, 5) is 27.9. The highest BCUT2D eigenvalue weighted by Gasteiger charge is 2.40. The molecule has 1 aromatic heterocycles. The van der Waals surface area contributed by atoms with Crippen LogP contribution in [0.15, 0.2) is 34.9 Å². The van der Waals surface area contributed by atoms with Crippen LogP contribution in [0.4, 0.5) is 5.69 Å². The fraction of sp³-hybridized carbons (Fsp3) is 0.389. The molecule has 3 N–H and O–H groups in total. The summed E-state index contributed by atoms with van der Waals surface area (Å²) in [7, 11) is 0. The van der Waals surface area contributed by atoms with E-state index in [1.54, 1.807) is 6.07 Å². The van der Waals surface area contributed by atoms with Crippen molar-refractivity contribution in [2.45, 2.75) is 44.3 Å². The maximum atomic E-state index is 12.4. The van der Waals surface area contributed by atoms with E-state index >= 15 is 0 Å². The summed E-state index contributed by atoms with van der Waals surface area (Å²) in [6.07, 6.45) is 4.74. The minimum absolute atomic E-state index is 0.0374. The molecule has 3 heterocycles. The number of nitrogens with zero attached hydrogens (tertiary/aromatic N) is 1.